The number of rotatable bonds is 3. The van der Waals surface area contributed by atoms with Crippen LogP contribution in [0.3, 0.4) is 0 Å². The van der Waals surface area contributed by atoms with Gasteiger partial charge in [0.15, 0.2) is 0 Å². The third-order valence-corrected chi connectivity index (χ3v) is 1.78. The molecule has 1 amide bonds. The summed E-state index contributed by atoms with van der Waals surface area (Å²) < 4.78 is 1.72. The molecule has 0 unspecified atom stereocenters. The van der Waals surface area contributed by atoms with E-state index in [9.17, 15) is 4.79 Å². The normalized spacial score (nSPS) is 10.1. The molecule has 0 aliphatic heterocycles. The van der Waals surface area contributed by atoms with Crippen LogP contribution >= 0.6 is 0 Å². The van der Waals surface area contributed by atoms with Crippen molar-refractivity contribution in [2.45, 2.75) is 13.5 Å². The standard InChI is InChI=1S/C8H14N4O/c1-6-7(5-12(2)11-6)4-10-8(13)3-9/h5H,3-4,9H2,1-2H3,(H,10,13). The smallest absolute Gasteiger partial charge is 0.234 e. The molecule has 0 atom stereocenters. The molecule has 0 aliphatic carbocycles. The predicted octanol–water partition coefficient (Wildman–Crippen LogP) is -0.697. The number of nitrogens with zero attached hydrogens (tertiary/aromatic N) is 2. The molecule has 0 saturated carbocycles. The van der Waals surface area contributed by atoms with Gasteiger partial charge < -0.3 is 11.1 Å². The van der Waals surface area contributed by atoms with Gasteiger partial charge >= 0.3 is 0 Å². The van der Waals surface area contributed by atoms with Gasteiger partial charge in [-0.15, -0.1) is 0 Å². The Bertz CT molecular complexity index is 305. The molecule has 1 aromatic heterocycles. The number of carbonyl (C=O) groups is 1. The van der Waals surface area contributed by atoms with Crippen molar-refractivity contribution in [2.75, 3.05) is 6.54 Å². The molecule has 0 fully saturated rings. The second kappa shape index (κ2) is 4.04. The lowest BCUT2D eigenvalue weighted by Crippen LogP contribution is -2.29. The zero-order valence-corrected chi connectivity index (χ0v) is 7.87. The van der Waals surface area contributed by atoms with Gasteiger partial charge in [-0.1, -0.05) is 0 Å². The van der Waals surface area contributed by atoms with Crippen LogP contribution in [-0.2, 0) is 18.4 Å². The Hall–Kier alpha value is -1.36. The number of aromatic nitrogens is 2. The van der Waals surface area contributed by atoms with Crippen LogP contribution in [0.25, 0.3) is 0 Å². The van der Waals surface area contributed by atoms with Gasteiger partial charge in [0, 0.05) is 25.4 Å². The van der Waals surface area contributed by atoms with Gasteiger partial charge in [-0.2, -0.15) is 5.10 Å². The molecule has 0 spiro atoms. The molecule has 0 bridgehead atoms. The van der Waals surface area contributed by atoms with Crippen LogP contribution in [0.15, 0.2) is 6.20 Å². The maximum Gasteiger partial charge on any atom is 0.234 e. The van der Waals surface area contributed by atoms with Gasteiger partial charge in [-0.25, -0.2) is 0 Å². The minimum Gasteiger partial charge on any atom is -0.351 e. The van der Waals surface area contributed by atoms with E-state index < -0.39 is 0 Å². The summed E-state index contributed by atoms with van der Waals surface area (Å²) in [5, 5.41) is 6.83. The molecule has 0 aliphatic rings. The first-order valence-electron chi connectivity index (χ1n) is 4.09. The third-order valence-electron chi connectivity index (χ3n) is 1.78. The summed E-state index contributed by atoms with van der Waals surface area (Å²) in [7, 11) is 1.85. The van der Waals surface area contributed by atoms with Crippen molar-refractivity contribution in [1.29, 1.82) is 0 Å². The molecular formula is C8H14N4O. The number of nitrogens with one attached hydrogen (secondary N) is 1. The predicted molar refractivity (Wildman–Crippen MR) is 48.8 cm³/mol. The fraction of sp³-hybridized carbons (Fsp3) is 0.500. The highest BCUT2D eigenvalue weighted by Gasteiger charge is 2.03. The average Bonchev–Trinajstić information content (AvgIpc) is 2.41. The molecular weight excluding hydrogens is 168 g/mol. The second-order valence-corrected chi connectivity index (χ2v) is 2.89. The van der Waals surface area contributed by atoms with Crippen molar-refractivity contribution in [1.82, 2.24) is 15.1 Å². The van der Waals surface area contributed by atoms with E-state index in [1.54, 1.807) is 4.68 Å². The molecule has 0 saturated heterocycles. The summed E-state index contributed by atoms with van der Waals surface area (Å²) in [5.41, 5.74) is 7.09. The Labute approximate surface area is 76.9 Å². The fourth-order valence-corrected chi connectivity index (χ4v) is 1.09. The van der Waals surface area contributed by atoms with E-state index in [4.69, 9.17) is 5.73 Å². The van der Waals surface area contributed by atoms with E-state index in [1.807, 2.05) is 20.2 Å². The van der Waals surface area contributed by atoms with E-state index in [-0.39, 0.29) is 12.5 Å². The first-order valence-corrected chi connectivity index (χ1v) is 4.09. The topological polar surface area (TPSA) is 72.9 Å². The van der Waals surface area contributed by atoms with Gasteiger partial charge in [0.05, 0.1) is 12.2 Å². The molecule has 3 N–H and O–H groups in total. The summed E-state index contributed by atoms with van der Waals surface area (Å²) in [6.07, 6.45) is 1.88. The van der Waals surface area contributed by atoms with Crippen LogP contribution in [0.2, 0.25) is 0 Å². The fourth-order valence-electron chi connectivity index (χ4n) is 1.09. The summed E-state index contributed by atoms with van der Waals surface area (Å²) in [5.74, 6) is -0.150. The average molecular weight is 182 g/mol. The highest BCUT2D eigenvalue weighted by atomic mass is 16.1. The van der Waals surface area contributed by atoms with Crippen LogP contribution in [0.5, 0.6) is 0 Å². The number of aryl methyl sites for hydroxylation is 2. The molecule has 5 nitrogen and oxygen atoms in total. The van der Waals surface area contributed by atoms with Gasteiger partial charge in [0.1, 0.15) is 0 Å². The molecule has 13 heavy (non-hydrogen) atoms. The van der Waals surface area contributed by atoms with Crippen LogP contribution in [0.4, 0.5) is 0 Å². The Morgan fingerprint density at radius 3 is 2.92 bits per heavy atom. The highest BCUT2D eigenvalue weighted by molar-refractivity contribution is 5.77. The van der Waals surface area contributed by atoms with Crippen LogP contribution in [0.1, 0.15) is 11.3 Å². The van der Waals surface area contributed by atoms with Crippen molar-refractivity contribution in [2.24, 2.45) is 12.8 Å². The monoisotopic (exact) mass is 182 g/mol. The van der Waals surface area contributed by atoms with Crippen molar-refractivity contribution < 1.29 is 4.79 Å². The molecule has 1 rings (SSSR count). The van der Waals surface area contributed by atoms with Crippen molar-refractivity contribution in [3.05, 3.63) is 17.5 Å². The maximum atomic E-state index is 10.8. The van der Waals surface area contributed by atoms with E-state index in [0.29, 0.717) is 6.54 Å². The SMILES string of the molecule is Cc1nn(C)cc1CNC(=O)CN. The number of hydrogen-bond acceptors (Lipinski definition) is 3. The first kappa shape index (κ1) is 9.73. The van der Waals surface area contributed by atoms with Gasteiger partial charge in [-0.05, 0) is 6.92 Å². The van der Waals surface area contributed by atoms with Crippen molar-refractivity contribution >= 4 is 5.91 Å². The number of carbonyl (C=O) groups excluding carboxylic acids is 1. The van der Waals surface area contributed by atoms with Crippen LogP contribution in [0, 0.1) is 6.92 Å². The minimum absolute atomic E-state index is 0.0271. The summed E-state index contributed by atoms with van der Waals surface area (Å²) in [6, 6.07) is 0. The maximum absolute atomic E-state index is 10.8. The Morgan fingerprint density at radius 2 is 2.46 bits per heavy atom. The largest absolute Gasteiger partial charge is 0.351 e. The first-order chi connectivity index (χ1) is 6.13. The number of amides is 1. The van der Waals surface area contributed by atoms with Crippen LogP contribution in [-0.4, -0.2) is 22.2 Å². The van der Waals surface area contributed by atoms with E-state index in [0.717, 1.165) is 11.3 Å². The third kappa shape index (κ3) is 2.55. The lowest BCUT2D eigenvalue weighted by molar-refractivity contribution is -0.119. The zero-order valence-electron chi connectivity index (χ0n) is 7.87. The van der Waals surface area contributed by atoms with E-state index in [2.05, 4.69) is 10.4 Å². The highest BCUT2D eigenvalue weighted by Crippen LogP contribution is 2.03. The number of hydrogen-bond donors (Lipinski definition) is 2. The Kier molecular flexibility index (Phi) is 3.02. The molecule has 1 heterocycles. The Morgan fingerprint density at radius 1 is 1.77 bits per heavy atom. The molecule has 1 aromatic rings. The van der Waals surface area contributed by atoms with Crippen molar-refractivity contribution in [3.8, 4) is 0 Å². The van der Waals surface area contributed by atoms with Crippen molar-refractivity contribution in [3.63, 3.8) is 0 Å². The molecule has 0 aromatic carbocycles. The quantitative estimate of drug-likeness (QED) is 0.649. The van der Waals surface area contributed by atoms with Gasteiger partial charge in [0.25, 0.3) is 0 Å². The molecule has 5 heteroatoms. The van der Waals surface area contributed by atoms with E-state index >= 15 is 0 Å². The van der Waals surface area contributed by atoms with Gasteiger partial charge in [-0.3, -0.25) is 9.48 Å². The second-order valence-electron chi connectivity index (χ2n) is 2.89. The summed E-state index contributed by atoms with van der Waals surface area (Å²) in [4.78, 5) is 10.8. The lowest BCUT2D eigenvalue weighted by atomic mass is 10.2. The molecule has 0 radical (unpaired) electrons. The minimum atomic E-state index is -0.150. The Balaban J connectivity index is 2.54. The van der Waals surface area contributed by atoms with E-state index in [1.165, 1.54) is 0 Å². The summed E-state index contributed by atoms with van der Waals surface area (Å²) in [6.45, 7) is 2.43. The lowest BCUT2D eigenvalue weighted by Gasteiger charge is -2.00. The van der Waals surface area contributed by atoms with Gasteiger partial charge in [0.2, 0.25) is 5.91 Å². The number of nitrogens with two attached hydrogens (primary N) is 1. The molecule has 72 valence electrons. The summed E-state index contributed by atoms with van der Waals surface area (Å²) >= 11 is 0. The van der Waals surface area contributed by atoms with Crippen LogP contribution < -0.4 is 11.1 Å². The zero-order chi connectivity index (χ0) is 9.84.